The van der Waals surface area contributed by atoms with Gasteiger partial charge in [-0.3, -0.25) is 5.41 Å². The summed E-state index contributed by atoms with van der Waals surface area (Å²) in [5.74, 6) is -0.646. The first-order valence-electron chi connectivity index (χ1n) is 4.31. The lowest BCUT2D eigenvalue weighted by Gasteiger charge is -2.12. The van der Waals surface area contributed by atoms with Gasteiger partial charge in [0.1, 0.15) is 5.84 Å². The Morgan fingerprint density at radius 1 is 1.56 bits per heavy atom. The van der Waals surface area contributed by atoms with Crippen LogP contribution < -0.4 is 10.5 Å². The highest BCUT2D eigenvalue weighted by Crippen LogP contribution is 2.21. The van der Waals surface area contributed by atoms with Crippen molar-refractivity contribution in [1.29, 1.82) is 5.41 Å². The number of pyridine rings is 1. The zero-order chi connectivity index (χ0) is 12.3. The van der Waals surface area contributed by atoms with Gasteiger partial charge in [-0.15, -0.1) is 0 Å². The fourth-order valence-corrected chi connectivity index (χ4v) is 1.12. The Morgan fingerprint density at radius 2 is 2.19 bits per heavy atom. The molecule has 0 aromatic carbocycles. The number of ether oxygens (including phenoxy) is 1. The number of aryl methyl sites for hydroxylation is 1. The minimum Gasteiger partial charge on any atom is -0.467 e. The first-order chi connectivity index (χ1) is 7.31. The molecular formula is C9H10F3N3O. The Balaban J connectivity index is 2.96. The monoisotopic (exact) mass is 233 g/mol. The zero-order valence-corrected chi connectivity index (χ0v) is 8.43. The SMILES string of the molecule is Cc1ccnc(OCC(F)(F)F)c1C(=N)N. The first kappa shape index (κ1) is 12.3. The average Bonchev–Trinajstić information content (AvgIpc) is 2.12. The van der Waals surface area contributed by atoms with Gasteiger partial charge in [0.25, 0.3) is 0 Å². The lowest BCUT2D eigenvalue weighted by Crippen LogP contribution is -2.22. The molecule has 0 saturated carbocycles. The number of nitrogens with two attached hydrogens (primary N) is 1. The van der Waals surface area contributed by atoms with Gasteiger partial charge in [-0.2, -0.15) is 13.2 Å². The van der Waals surface area contributed by atoms with Crippen LogP contribution in [-0.2, 0) is 0 Å². The molecule has 1 heterocycles. The Kier molecular flexibility index (Phi) is 3.36. The lowest BCUT2D eigenvalue weighted by atomic mass is 10.1. The first-order valence-corrected chi connectivity index (χ1v) is 4.31. The minimum absolute atomic E-state index is 0.0896. The number of halogens is 3. The standard InChI is InChI=1S/C9H10F3N3O/c1-5-2-3-15-8(6(5)7(13)14)16-4-9(10,11)12/h2-3H,4H2,1H3,(H3,13,14). The largest absolute Gasteiger partial charge is 0.467 e. The van der Waals surface area contributed by atoms with Crippen LogP contribution in [0.15, 0.2) is 12.3 Å². The van der Waals surface area contributed by atoms with Gasteiger partial charge in [0.15, 0.2) is 6.61 Å². The molecule has 0 unspecified atom stereocenters. The molecule has 0 atom stereocenters. The quantitative estimate of drug-likeness (QED) is 0.615. The number of rotatable bonds is 3. The van der Waals surface area contributed by atoms with Gasteiger partial charge in [0, 0.05) is 6.20 Å². The molecule has 0 saturated heterocycles. The Bertz CT molecular complexity index is 403. The molecule has 7 heteroatoms. The van der Waals surface area contributed by atoms with E-state index in [1.807, 2.05) is 0 Å². The van der Waals surface area contributed by atoms with Crippen molar-refractivity contribution in [3.63, 3.8) is 0 Å². The molecule has 0 spiro atoms. The zero-order valence-electron chi connectivity index (χ0n) is 8.43. The fourth-order valence-electron chi connectivity index (χ4n) is 1.12. The van der Waals surface area contributed by atoms with Crippen molar-refractivity contribution in [2.75, 3.05) is 6.61 Å². The number of nitrogens with one attached hydrogen (secondary N) is 1. The summed E-state index contributed by atoms with van der Waals surface area (Å²) in [5.41, 5.74) is 5.87. The molecule has 1 aromatic rings. The molecule has 0 bridgehead atoms. The predicted octanol–water partition coefficient (Wildman–Crippen LogP) is 1.62. The van der Waals surface area contributed by atoms with Gasteiger partial charge in [0.2, 0.25) is 5.88 Å². The second-order valence-corrected chi connectivity index (χ2v) is 3.13. The molecule has 0 fully saturated rings. The van der Waals surface area contributed by atoms with E-state index in [1.54, 1.807) is 6.92 Å². The highest BCUT2D eigenvalue weighted by Gasteiger charge is 2.29. The van der Waals surface area contributed by atoms with Crippen molar-refractivity contribution in [3.8, 4) is 5.88 Å². The van der Waals surface area contributed by atoms with Crippen molar-refractivity contribution in [2.24, 2.45) is 5.73 Å². The maximum Gasteiger partial charge on any atom is 0.422 e. The number of nitrogen functional groups attached to an aromatic ring is 1. The van der Waals surface area contributed by atoms with Gasteiger partial charge in [-0.25, -0.2) is 4.98 Å². The van der Waals surface area contributed by atoms with Crippen LogP contribution in [0.5, 0.6) is 5.88 Å². The third-order valence-electron chi connectivity index (χ3n) is 1.77. The molecule has 1 rings (SSSR count). The second-order valence-electron chi connectivity index (χ2n) is 3.13. The van der Waals surface area contributed by atoms with Crippen LogP contribution in [0.3, 0.4) is 0 Å². The second kappa shape index (κ2) is 4.38. The summed E-state index contributed by atoms with van der Waals surface area (Å²) < 4.78 is 40.3. The van der Waals surface area contributed by atoms with Crippen LogP contribution in [0.4, 0.5) is 13.2 Å². The molecule has 0 amide bonds. The molecule has 0 aliphatic heterocycles. The van der Waals surface area contributed by atoms with E-state index in [-0.39, 0.29) is 17.3 Å². The summed E-state index contributed by atoms with van der Waals surface area (Å²) in [6.45, 7) is 0.155. The average molecular weight is 233 g/mol. The number of aromatic nitrogens is 1. The lowest BCUT2D eigenvalue weighted by molar-refractivity contribution is -0.154. The third-order valence-corrected chi connectivity index (χ3v) is 1.77. The van der Waals surface area contributed by atoms with Gasteiger partial charge in [-0.05, 0) is 18.6 Å². The molecule has 0 aliphatic carbocycles. The summed E-state index contributed by atoms with van der Waals surface area (Å²) in [4.78, 5) is 3.62. The molecule has 4 nitrogen and oxygen atoms in total. The Morgan fingerprint density at radius 3 is 2.69 bits per heavy atom. The summed E-state index contributed by atoms with van der Waals surface area (Å²) >= 11 is 0. The maximum absolute atomic E-state index is 11.9. The molecule has 88 valence electrons. The van der Waals surface area contributed by atoms with Gasteiger partial charge >= 0.3 is 6.18 Å². The molecule has 1 aromatic heterocycles. The highest BCUT2D eigenvalue weighted by molar-refractivity contribution is 5.98. The maximum atomic E-state index is 11.9. The van der Waals surface area contributed by atoms with Crippen molar-refractivity contribution in [3.05, 3.63) is 23.4 Å². The summed E-state index contributed by atoms with van der Waals surface area (Å²) in [7, 11) is 0. The number of hydrogen-bond acceptors (Lipinski definition) is 3. The van der Waals surface area contributed by atoms with E-state index >= 15 is 0 Å². The van der Waals surface area contributed by atoms with E-state index in [1.165, 1.54) is 12.3 Å². The van der Waals surface area contributed by atoms with E-state index in [0.717, 1.165) is 0 Å². The number of nitrogens with zero attached hydrogens (tertiary/aromatic N) is 1. The van der Waals surface area contributed by atoms with E-state index in [0.29, 0.717) is 5.56 Å². The number of alkyl halides is 3. The van der Waals surface area contributed by atoms with Crippen LogP contribution in [0.25, 0.3) is 0 Å². The Hall–Kier alpha value is -1.79. The smallest absolute Gasteiger partial charge is 0.422 e. The van der Waals surface area contributed by atoms with E-state index in [4.69, 9.17) is 11.1 Å². The Labute approximate surface area is 89.7 Å². The van der Waals surface area contributed by atoms with Crippen LogP contribution in [0, 0.1) is 12.3 Å². The molecule has 3 N–H and O–H groups in total. The van der Waals surface area contributed by atoms with E-state index in [2.05, 4.69) is 9.72 Å². The highest BCUT2D eigenvalue weighted by atomic mass is 19.4. The van der Waals surface area contributed by atoms with Crippen LogP contribution in [-0.4, -0.2) is 23.6 Å². The van der Waals surface area contributed by atoms with Crippen LogP contribution >= 0.6 is 0 Å². The van der Waals surface area contributed by atoms with Crippen molar-refractivity contribution >= 4 is 5.84 Å². The van der Waals surface area contributed by atoms with E-state index in [9.17, 15) is 13.2 Å². The predicted molar refractivity (Wildman–Crippen MR) is 51.5 cm³/mol. The number of amidine groups is 1. The van der Waals surface area contributed by atoms with Gasteiger partial charge in [-0.1, -0.05) is 0 Å². The summed E-state index contributed by atoms with van der Waals surface area (Å²) in [6, 6.07) is 1.54. The molecule has 0 radical (unpaired) electrons. The summed E-state index contributed by atoms with van der Waals surface area (Å²) in [6.07, 6.45) is -3.15. The molecular weight excluding hydrogens is 223 g/mol. The van der Waals surface area contributed by atoms with E-state index < -0.39 is 12.8 Å². The minimum atomic E-state index is -4.44. The van der Waals surface area contributed by atoms with Crippen molar-refractivity contribution in [1.82, 2.24) is 4.98 Å². The topological polar surface area (TPSA) is 72.0 Å². The fraction of sp³-hybridized carbons (Fsp3) is 0.333. The van der Waals surface area contributed by atoms with Gasteiger partial charge < -0.3 is 10.5 Å². The molecule has 16 heavy (non-hydrogen) atoms. The molecule has 0 aliphatic rings. The van der Waals surface area contributed by atoms with Gasteiger partial charge in [0.05, 0.1) is 5.56 Å². The summed E-state index contributed by atoms with van der Waals surface area (Å²) in [5, 5.41) is 7.23. The van der Waals surface area contributed by atoms with Crippen molar-refractivity contribution < 1.29 is 17.9 Å². The van der Waals surface area contributed by atoms with Crippen LogP contribution in [0.1, 0.15) is 11.1 Å². The number of hydrogen-bond donors (Lipinski definition) is 2. The van der Waals surface area contributed by atoms with Crippen molar-refractivity contribution in [2.45, 2.75) is 13.1 Å². The third kappa shape index (κ3) is 3.11. The normalized spacial score (nSPS) is 11.2. The van der Waals surface area contributed by atoms with Crippen LogP contribution in [0.2, 0.25) is 0 Å².